The molecule has 0 saturated heterocycles. The molecule has 3 rings (SSSR count). The third kappa shape index (κ3) is 3.67. The SMILES string of the molecule is COc1cccc(CSc2ccc(C(=O)C3CC3)cc2)c1. The maximum atomic E-state index is 11.9. The van der Waals surface area contributed by atoms with Gasteiger partial charge in [-0.1, -0.05) is 24.3 Å². The van der Waals surface area contributed by atoms with Gasteiger partial charge in [-0.15, -0.1) is 11.8 Å². The average molecular weight is 298 g/mol. The van der Waals surface area contributed by atoms with Crippen LogP contribution in [-0.2, 0) is 5.75 Å². The number of ether oxygens (including phenoxy) is 1. The number of hydrogen-bond donors (Lipinski definition) is 0. The molecule has 3 heteroatoms. The number of rotatable bonds is 6. The van der Waals surface area contributed by atoms with Crippen molar-refractivity contribution in [3.05, 3.63) is 59.7 Å². The molecule has 1 fully saturated rings. The van der Waals surface area contributed by atoms with Gasteiger partial charge in [0.15, 0.2) is 5.78 Å². The highest BCUT2D eigenvalue weighted by Gasteiger charge is 2.30. The summed E-state index contributed by atoms with van der Waals surface area (Å²) in [5.74, 6) is 2.38. The molecule has 0 radical (unpaired) electrons. The molecule has 0 heterocycles. The molecule has 2 aromatic rings. The monoisotopic (exact) mass is 298 g/mol. The first-order valence-corrected chi connectivity index (χ1v) is 8.15. The Labute approximate surface area is 129 Å². The first-order chi connectivity index (χ1) is 10.3. The standard InChI is InChI=1S/C18H18O2S/c1-20-16-4-2-3-13(11-16)12-21-17-9-7-15(8-10-17)18(19)14-5-6-14/h2-4,7-11,14H,5-6,12H2,1H3. The van der Waals surface area contributed by atoms with Crippen LogP contribution in [0.25, 0.3) is 0 Å². The van der Waals surface area contributed by atoms with Crippen LogP contribution in [-0.4, -0.2) is 12.9 Å². The Hall–Kier alpha value is -1.74. The summed E-state index contributed by atoms with van der Waals surface area (Å²) >= 11 is 1.77. The van der Waals surface area contributed by atoms with E-state index in [1.54, 1.807) is 18.9 Å². The Morgan fingerprint density at radius 3 is 2.62 bits per heavy atom. The van der Waals surface area contributed by atoms with Gasteiger partial charge in [0.05, 0.1) is 7.11 Å². The van der Waals surface area contributed by atoms with Crippen LogP contribution in [0.3, 0.4) is 0 Å². The molecule has 2 aromatic carbocycles. The van der Waals surface area contributed by atoms with Crippen molar-refractivity contribution in [3.8, 4) is 5.75 Å². The lowest BCUT2D eigenvalue weighted by Gasteiger charge is -2.05. The summed E-state index contributed by atoms with van der Waals surface area (Å²) in [5.41, 5.74) is 2.08. The van der Waals surface area contributed by atoms with E-state index in [-0.39, 0.29) is 0 Å². The highest BCUT2D eigenvalue weighted by Crippen LogP contribution is 2.33. The van der Waals surface area contributed by atoms with Crippen LogP contribution in [0.4, 0.5) is 0 Å². The Kier molecular flexibility index (Phi) is 4.30. The van der Waals surface area contributed by atoms with Crippen LogP contribution in [0.2, 0.25) is 0 Å². The van der Waals surface area contributed by atoms with E-state index >= 15 is 0 Å². The fourth-order valence-electron chi connectivity index (χ4n) is 2.23. The van der Waals surface area contributed by atoms with Crippen molar-refractivity contribution in [2.24, 2.45) is 5.92 Å². The van der Waals surface area contributed by atoms with Gasteiger partial charge in [0.1, 0.15) is 5.75 Å². The molecule has 1 aliphatic rings. The maximum absolute atomic E-state index is 11.9. The van der Waals surface area contributed by atoms with Gasteiger partial charge in [-0.3, -0.25) is 4.79 Å². The maximum Gasteiger partial charge on any atom is 0.165 e. The van der Waals surface area contributed by atoms with Gasteiger partial charge in [0, 0.05) is 22.1 Å². The first kappa shape index (κ1) is 14.2. The van der Waals surface area contributed by atoms with E-state index in [2.05, 4.69) is 12.1 Å². The molecule has 0 spiro atoms. The topological polar surface area (TPSA) is 26.3 Å². The number of benzene rings is 2. The molecule has 2 nitrogen and oxygen atoms in total. The third-order valence-corrected chi connectivity index (χ3v) is 4.71. The Morgan fingerprint density at radius 1 is 1.19 bits per heavy atom. The van der Waals surface area contributed by atoms with Crippen LogP contribution in [0.5, 0.6) is 5.75 Å². The number of ketones is 1. The lowest BCUT2D eigenvalue weighted by Crippen LogP contribution is -2.00. The lowest BCUT2D eigenvalue weighted by molar-refractivity contribution is 0.0967. The fourth-order valence-corrected chi connectivity index (χ4v) is 3.07. The van der Waals surface area contributed by atoms with Crippen LogP contribution >= 0.6 is 11.8 Å². The minimum absolute atomic E-state index is 0.292. The van der Waals surface area contributed by atoms with E-state index in [4.69, 9.17) is 4.74 Å². The summed E-state index contributed by atoms with van der Waals surface area (Å²) in [6.45, 7) is 0. The predicted octanol–water partition coefficient (Wildman–Crippen LogP) is 4.58. The second kappa shape index (κ2) is 6.35. The van der Waals surface area contributed by atoms with E-state index in [9.17, 15) is 4.79 Å². The summed E-state index contributed by atoms with van der Waals surface area (Å²) in [7, 11) is 1.68. The van der Waals surface area contributed by atoms with Gasteiger partial charge in [0.25, 0.3) is 0 Å². The first-order valence-electron chi connectivity index (χ1n) is 7.16. The molecule has 21 heavy (non-hydrogen) atoms. The molecule has 1 saturated carbocycles. The van der Waals surface area contributed by atoms with Crippen LogP contribution in [0.1, 0.15) is 28.8 Å². The van der Waals surface area contributed by atoms with Crippen molar-refractivity contribution in [1.82, 2.24) is 0 Å². The van der Waals surface area contributed by atoms with Crippen molar-refractivity contribution in [1.29, 1.82) is 0 Å². The average Bonchev–Trinajstić information content (AvgIpc) is 3.38. The minimum Gasteiger partial charge on any atom is -0.497 e. The molecular weight excluding hydrogens is 280 g/mol. The van der Waals surface area contributed by atoms with Crippen molar-refractivity contribution in [2.75, 3.05) is 7.11 Å². The highest BCUT2D eigenvalue weighted by molar-refractivity contribution is 7.98. The second-order valence-corrected chi connectivity index (χ2v) is 6.35. The predicted molar refractivity (Wildman–Crippen MR) is 86.1 cm³/mol. The van der Waals surface area contributed by atoms with Crippen molar-refractivity contribution in [2.45, 2.75) is 23.5 Å². The summed E-state index contributed by atoms with van der Waals surface area (Å²) in [6.07, 6.45) is 2.12. The number of Topliss-reactive ketones (excluding diaryl/α,β-unsaturated/α-hetero) is 1. The second-order valence-electron chi connectivity index (χ2n) is 5.30. The molecule has 0 amide bonds. The molecule has 0 aliphatic heterocycles. The van der Waals surface area contributed by atoms with E-state index in [1.165, 1.54) is 10.5 Å². The molecule has 0 unspecified atom stereocenters. The largest absolute Gasteiger partial charge is 0.497 e. The lowest BCUT2D eigenvalue weighted by atomic mass is 10.1. The number of hydrogen-bond acceptors (Lipinski definition) is 3. The highest BCUT2D eigenvalue weighted by atomic mass is 32.2. The summed E-state index contributed by atoms with van der Waals surface area (Å²) in [6, 6.07) is 16.1. The molecule has 0 bridgehead atoms. The van der Waals surface area contributed by atoms with E-state index < -0.39 is 0 Å². The van der Waals surface area contributed by atoms with Gasteiger partial charge in [-0.25, -0.2) is 0 Å². The smallest absolute Gasteiger partial charge is 0.165 e. The zero-order chi connectivity index (χ0) is 14.7. The Balaban J connectivity index is 1.61. The summed E-state index contributed by atoms with van der Waals surface area (Å²) in [4.78, 5) is 13.1. The van der Waals surface area contributed by atoms with Crippen LogP contribution in [0.15, 0.2) is 53.4 Å². The normalized spacial score (nSPS) is 14.0. The fraction of sp³-hybridized carbons (Fsp3) is 0.278. The number of carbonyl (C=O) groups excluding carboxylic acids is 1. The molecular formula is C18H18O2S. The van der Waals surface area contributed by atoms with Crippen molar-refractivity contribution >= 4 is 17.5 Å². The summed E-state index contributed by atoms with van der Waals surface area (Å²) < 4.78 is 5.23. The summed E-state index contributed by atoms with van der Waals surface area (Å²) in [5, 5.41) is 0. The molecule has 1 aliphatic carbocycles. The third-order valence-electron chi connectivity index (χ3n) is 3.63. The van der Waals surface area contributed by atoms with E-state index in [0.29, 0.717) is 11.7 Å². The molecule has 0 atom stereocenters. The zero-order valence-corrected chi connectivity index (χ0v) is 12.9. The van der Waals surface area contributed by atoms with Crippen molar-refractivity contribution < 1.29 is 9.53 Å². The Morgan fingerprint density at radius 2 is 1.95 bits per heavy atom. The number of carbonyl (C=O) groups is 1. The zero-order valence-electron chi connectivity index (χ0n) is 12.0. The van der Waals surface area contributed by atoms with Gasteiger partial charge >= 0.3 is 0 Å². The molecule has 0 N–H and O–H groups in total. The van der Waals surface area contributed by atoms with Gasteiger partial charge in [-0.2, -0.15) is 0 Å². The molecule has 108 valence electrons. The van der Waals surface area contributed by atoms with Gasteiger partial charge in [0.2, 0.25) is 0 Å². The van der Waals surface area contributed by atoms with Gasteiger partial charge < -0.3 is 4.74 Å². The van der Waals surface area contributed by atoms with E-state index in [1.807, 2.05) is 36.4 Å². The van der Waals surface area contributed by atoms with Crippen LogP contribution < -0.4 is 4.74 Å². The quantitative estimate of drug-likeness (QED) is 0.577. The van der Waals surface area contributed by atoms with E-state index in [0.717, 1.165) is 29.9 Å². The number of thioether (sulfide) groups is 1. The number of methoxy groups -OCH3 is 1. The van der Waals surface area contributed by atoms with Crippen molar-refractivity contribution in [3.63, 3.8) is 0 Å². The van der Waals surface area contributed by atoms with Crippen LogP contribution in [0, 0.1) is 5.92 Å². The Bertz CT molecular complexity index is 630. The minimum atomic E-state index is 0.292. The molecule has 0 aromatic heterocycles. The van der Waals surface area contributed by atoms with Gasteiger partial charge in [-0.05, 0) is 42.7 Å².